The molecule has 1 aromatic rings. The van der Waals surface area contributed by atoms with E-state index in [1.807, 2.05) is 6.92 Å². The van der Waals surface area contributed by atoms with Crippen LogP contribution in [0, 0.1) is 18.8 Å². The smallest absolute Gasteiger partial charge is 0.344 e. The highest BCUT2D eigenvalue weighted by atomic mass is 35.5. The van der Waals surface area contributed by atoms with E-state index in [2.05, 4.69) is 19.2 Å². The number of hydrogen-bond donors (Lipinski definition) is 1. The van der Waals surface area contributed by atoms with Crippen LogP contribution in [0.2, 0.25) is 5.02 Å². The fraction of sp³-hybridized carbons (Fsp3) is 0.579. The molecular weight excluding hydrogens is 342 g/mol. The van der Waals surface area contributed by atoms with Gasteiger partial charge >= 0.3 is 5.97 Å². The predicted octanol–water partition coefficient (Wildman–Crippen LogP) is 3.51. The largest absolute Gasteiger partial charge is 0.482 e. The second kappa shape index (κ2) is 9.09. The monoisotopic (exact) mass is 367 g/mol. The van der Waals surface area contributed by atoms with Crippen molar-refractivity contribution in [2.75, 3.05) is 13.2 Å². The van der Waals surface area contributed by atoms with Crippen LogP contribution in [-0.4, -0.2) is 31.1 Å². The zero-order valence-corrected chi connectivity index (χ0v) is 15.8. The first-order valence-electron chi connectivity index (χ1n) is 8.70. The van der Waals surface area contributed by atoms with Crippen molar-refractivity contribution < 1.29 is 19.1 Å². The van der Waals surface area contributed by atoms with Gasteiger partial charge in [0.2, 0.25) is 0 Å². The third-order valence-electron chi connectivity index (χ3n) is 4.90. The summed E-state index contributed by atoms with van der Waals surface area (Å²) in [5, 5.41) is 3.61. The van der Waals surface area contributed by atoms with Gasteiger partial charge in [-0.15, -0.1) is 0 Å². The molecule has 3 atom stereocenters. The Morgan fingerprint density at radius 2 is 2.00 bits per heavy atom. The molecule has 0 aromatic heterocycles. The Hall–Kier alpha value is -1.75. The number of nitrogens with one attached hydrogen (secondary N) is 1. The van der Waals surface area contributed by atoms with Crippen LogP contribution >= 0.6 is 11.6 Å². The fourth-order valence-electron chi connectivity index (χ4n) is 3.07. The van der Waals surface area contributed by atoms with Crippen molar-refractivity contribution >= 4 is 23.5 Å². The molecule has 1 fully saturated rings. The first kappa shape index (κ1) is 19.6. The van der Waals surface area contributed by atoms with E-state index in [9.17, 15) is 9.59 Å². The first-order chi connectivity index (χ1) is 11.9. The summed E-state index contributed by atoms with van der Waals surface area (Å²) in [6.07, 6.45) is 3.29. The van der Waals surface area contributed by atoms with Crippen LogP contribution in [0.5, 0.6) is 5.75 Å². The van der Waals surface area contributed by atoms with E-state index in [0.717, 1.165) is 18.4 Å². The van der Waals surface area contributed by atoms with Gasteiger partial charge in [0.15, 0.2) is 13.2 Å². The molecular formula is C19H26ClNO4. The molecule has 1 aromatic carbocycles. The third-order valence-corrected chi connectivity index (χ3v) is 5.33. The van der Waals surface area contributed by atoms with Crippen LogP contribution in [0.4, 0.5) is 0 Å². The summed E-state index contributed by atoms with van der Waals surface area (Å²) in [5.74, 6) is 0.727. The molecule has 25 heavy (non-hydrogen) atoms. The van der Waals surface area contributed by atoms with E-state index in [0.29, 0.717) is 22.6 Å². The summed E-state index contributed by atoms with van der Waals surface area (Å²) in [6.45, 7) is 5.69. The molecule has 138 valence electrons. The van der Waals surface area contributed by atoms with Crippen molar-refractivity contribution in [3.8, 4) is 5.75 Å². The van der Waals surface area contributed by atoms with Crippen molar-refractivity contribution in [1.29, 1.82) is 0 Å². The second-order valence-electron chi connectivity index (χ2n) is 6.80. The number of esters is 1. The number of ether oxygens (including phenoxy) is 2. The van der Waals surface area contributed by atoms with Gasteiger partial charge in [0, 0.05) is 11.1 Å². The molecule has 0 aliphatic heterocycles. The molecule has 0 saturated heterocycles. The Labute approximate surface area is 154 Å². The van der Waals surface area contributed by atoms with E-state index >= 15 is 0 Å². The Morgan fingerprint density at radius 1 is 1.24 bits per heavy atom. The molecule has 1 aliphatic carbocycles. The summed E-state index contributed by atoms with van der Waals surface area (Å²) >= 11 is 5.94. The fourth-order valence-corrected chi connectivity index (χ4v) is 3.19. The lowest BCUT2D eigenvalue weighted by atomic mass is 9.78. The van der Waals surface area contributed by atoms with Crippen LogP contribution in [0.1, 0.15) is 38.7 Å². The average Bonchev–Trinajstić information content (AvgIpc) is 2.58. The Morgan fingerprint density at radius 3 is 2.72 bits per heavy atom. The van der Waals surface area contributed by atoms with Crippen LogP contribution in [0.15, 0.2) is 18.2 Å². The van der Waals surface area contributed by atoms with Gasteiger partial charge in [-0.1, -0.05) is 38.3 Å². The maximum Gasteiger partial charge on any atom is 0.344 e. The van der Waals surface area contributed by atoms with Crippen molar-refractivity contribution in [3.63, 3.8) is 0 Å². The molecule has 1 amide bonds. The lowest BCUT2D eigenvalue weighted by Crippen LogP contribution is -2.45. The summed E-state index contributed by atoms with van der Waals surface area (Å²) in [4.78, 5) is 23.7. The molecule has 1 N–H and O–H groups in total. The van der Waals surface area contributed by atoms with Crippen LogP contribution in [0.25, 0.3) is 0 Å². The maximum atomic E-state index is 12.0. The lowest BCUT2D eigenvalue weighted by molar-refractivity contribution is -0.150. The average molecular weight is 368 g/mol. The minimum absolute atomic E-state index is 0.156. The van der Waals surface area contributed by atoms with Crippen molar-refractivity contribution in [2.45, 2.75) is 46.1 Å². The number of aryl methyl sites for hydroxylation is 1. The number of amides is 1. The maximum absolute atomic E-state index is 12.0. The number of carbonyl (C=O) groups excluding carboxylic acids is 2. The molecule has 0 heterocycles. The molecule has 0 unspecified atom stereocenters. The summed E-state index contributed by atoms with van der Waals surface area (Å²) < 4.78 is 10.3. The molecule has 5 nitrogen and oxygen atoms in total. The third kappa shape index (κ3) is 5.92. The van der Waals surface area contributed by atoms with E-state index in [-0.39, 0.29) is 25.2 Å². The van der Waals surface area contributed by atoms with Gasteiger partial charge in [-0.05, 0) is 48.9 Å². The summed E-state index contributed by atoms with van der Waals surface area (Å²) in [5.41, 5.74) is 0.864. The zero-order valence-electron chi connectivity index (χ0n) is 15.0. The quantitative estimate of drug-likeness (QED) is 0.781. The summed E-state index contributed by atoms with van der Waals surface area (Å²) in [7, 11) is 0. The minimum Gasteiger partial charge on any atom is -0.482 e. The zero-order chi connectivity index (χ0) is 18.4. The van der Waals surface area contributed by atoms with Gasteiger partial charge in [-0.3, -0.25) is 4.79 Å². The van der Waals surface area contributed by atoms with Crippen molar-refractivity contribution in [3.05, 3.63) is 28.8 Å². The van der Waals surface area contributed by atoms with Crippen LogP contribution in [0.3, 0.4) is 0 Å². The Bertz CT molecular complexity index is 619. The van der Waals surface area contributed by atoms with Gasteiger partial charge in [-0.25, -0.2) is 4.79 Å². The molecule has 1 aliphatic rings. The molecule has 0 radical (unpaired) electrons. The number of hydrogen-bond acceptors (Lipinski definition) is 4. The normalized spacial score (nSPS) is 23.0. The second-order valence-corrected chi connectivity index (χ2v) is 7.21. The van der Waals surface area contributed by atoms with Crippen LogP contribution in [-0.2, 0) is 14.3 Å². The molecule has 1 saturated carbocycles. The van der Waals surface area contributed by atoms with E-state index < -0.39 is 5.97 Å². The van der Waals surface area contributed by atoms with Gasteiger partial charge in [0.1, 0.15) is 5.75 Å². The Kier molecular flexibility index (Phi) is 7.12. The lowest BCUT2D eigenvalue weighted by Gasteiger charge is -2.34. The van der Waals surface area contributed by atoms with E-state index in [1.165, 1.54) is 6.42 Å². The molecule has 0 spiro atoms. The molecule has 6 heteroatoms. The number of benzene rings is 1. The highest BCUT2D eigenvalue weighted by Gasteiger charge is 2.28. The number of rotatable bonds is 6. The van der Waals surface area contributed by atoms with Crippen LogP contribution < -0.4 is 10.1 Å². The van der Waals surface area contributed by atoms with Gasteiger partial charge in [0.25, 0.3) is 5.91 Å². The van der Waals surface area contributed by atoms with Crippen molar-refractivity contribution in [2.24, 2.45) is 11.8 Å². The van der Waals surface area contributed by atoms with Gasteiger partial charge in [0.05, 0.1) is 0 Å². The van der Waals surface area contributed by atoms with Gasteiger partial charge in [-0.2, -0.15) is 0 Å². The predicted molar refractivity (Wildman–Crippen MR) is 96.8 cm³/mol. The minimum atomic E-state index is -0.576. The Balaban J connectivity index is 1.70. The number of carbonyl (C=O) groups is 2. The highest BCUT2D eigenvalue weighted by Crippen LogP contribution is 2.29. The number of halogens is 1. The topological polar surface area (TPSA) is 64.6 Å². The molecule has 2 rings (SSSR count). The van der Waals surface area contributed by atoms with Crippen molar-refractivity contribution in [1.82, 2.24) is 5.32 Å². The highest BCUT2D eigenvalue weighted by molar-refractivity contribution is 6.31. The standard InChI is InChI=1S/C19H26ClNO4/c1-12-5-4-6-17(14(12)3)21-18(22)10-25-19(23)11-24-15-7-8-16(20)13(2)9-15/h7-9,12,14,17H,4-6,10-11H2,1-3H3,(H,21,22)/t12-,14-,17-/m1/s1. The first-order valence-corrected chi connectivity index (χ1v) is 9.08. The van der Waals surface area contributed by atoms with E-state index in [4.69, 9.17) is 21.1 Å². The van der Waals surface area contributed by atoms with Gasteiger partial charge < -0.3 is 14.8 Å². The van der Waals surface area contributed by atoms with E-state index in [1.54, 1.807) is 18.2 Å². The summed E-state index contributed by atoms with van der Waals surface area (Å²) in [6, 6.07) is 5.29. The SMILES string of the molecule is Cc1cc(OCC(=O)OCC(=O)N[C@@H]2CCC[C@@H](C)[C@H]2C)ccc1Cl. The molecule has 0 bridgehead atoms.